The van der Waals surface area contributed by atoms with Gasteiger partial charge in [-0.15, -0.1) is 0 Å². The molecule has 182 valence electrons. The number of methoxy groups -OCH3 is 2. The topological polar surface area (TPSA) is 68.0 Å². The van der Waals surface area contributed by atoms with Crippen LogP contribution in [-0.2, 0) is 6.54 Å². The fourth-order valence-electron chi connectivity index (χ4n) is 5.08. The Kier molecular flexibility index (Phi) is 6.30. The van der Waals surface area contributed by atoms with Gasteiger partial charge < -0.3 is 14.4 Å². The Balaban J connectivity index is 1.44. The molecule has 0 atom stereocenters. The minimum Gasteiger partial charge on any atom is -0.493 e. The Morgan fingerprint density at radius 3 is 2.26 bits per heavy atom. The number of rotatable bonds is 6. The summed E-state index contributed by atoms with van der Waals surface area (Å²) in [5.74, 6) is 2.98. The Morgan fingerprint density at radius 1 is 0.857 bits per heavy atom. The zero-order chi connectivity index (χ0) is 24.5. The maximum absolute atomic E-state index is 5.55. The molecule has 1 saturated heterocycles. The first-order valence-corrected chi connectivity index (χ1v) is 11.9. The number of hydrogen-bond acceptors (Lipinski definition) is 7. The molecule has 0 bridgehead atoms. The molecule has 1 aliphatic rings. The molecular weight excluding hydrogens is 440 g/mol. The van der Waals surface area contributed by atoms with Crippen LogP contribution in [0.15, 0.2) is 42.9 Å². The molecule has 0 N–H and O–H groups in total. The first-order valence-electron chi connectivity index (χ1n) is 11.9. The highest BCUT2D eigenvalue weighted by atomic mass is 16.5. The molecule has 0 aliphatic carbocycles. The van der Waals surface area contributed by atoms with E-state index in [1.165, 1.54) is 22.3 Å². The van der Waals surface area contributed by atoms with E-state index < -0.39 is 0 Å². The molecule has 35 heavy (non-hydrogen) atoms. The zero-order valence-corrected chi connectivity index (χ0v) is 21.1. The monoisotopic (exact) mass is 472 g/mol. The quantitative estimate of drug-likeness (QED) is 0.419. The molecule has 0 unspecified atom stereocenters. The first-order chi connectivity index (χ1) is 17.0. The maximum atomic E-state index is 5.55. The van der Waals surface area contributed by atoms with E-state index in [1.807, 2.05) is 28.9 Å². The Bertz CT molecular complexity index is 1330. The summed E-state index contributed by atoms with van der Waals surface area (Å²) in [6, 6.07) is 10.5. The third kappa shape index (κ3) is 4.41. The number of piperazine rings is 1. The maximum Gasteiger partial charge on any atom is 0.254 e. The van der Waals surface area contributed by atoms with E-state index in [4.69, 9.17) is 9.47 Å². The minimum atomic E-state index is 0.595. The second-order valence-electron chi connectivity index (χ2n) is 9.18. The van der Waals surface area contributed by atoms with Crippen LogP contribution < -0.4 is 14.4 Å². The highest BCUT2D eigenvalue weighted by molar-refractivity contribution is 5.78. The van der Waals surface area contributed by atoms with Crippen LogP contribution in [0.4, 0.5) is 5.82 Å². The molecule has 8 heteroatoms. The van der Waals surface area contributed by atoms with Crippen molar-refractivity contribution in [1.82, 2.24) is 24.5 Å². The lowest BCUT2D eigenvalue weighted by molar-refractivity contribution is 0.248. The van der Waals surface area contributed by atoms with E-state index in [0.29, 0.717) is 17.3 Å². The van der Waals surface area contributed by atoms with Crippen LogP contribution in [0, 0.1) is 20.8 Å². The van der Waals surface area contributed by atoms with E-state index in [9.17, 15) is 0 Å². The smallest absolute Gasteiger partial charge is 0.254 e. The first kappa shape index (κ1) is 23.1. The molecule has 8 nitrogen and oxygen atoms in total. The second-order valence-corrected chi connectivity index (χ2v) is 9.18. The van der Waals surface area contributed by atoms with Crippen molar-refractivity contribution >= 4 is 11.6 Å². The number of benzene rings is 2. The predicted molar refractivity (Wildman–Crippen MR) is 137 cm³/mol. The van der Waals surface area contributed by atoms with Gasteiger partial charge in [0, 0.05) is 44.5 Å². The fraction of sp³-hybridized carbons (Fsp3) is 0.370. The van der Waals surface area contributed by atoms with E-state index in [2.05, 4.69) is 57.8 Å². The molecule has 2 aromatic heterocycles. The Morgan fingerprint density at radius 2 is 1.57 bits per heavy atom. The van der Waals surface area contributed by atoms with Gasteiger partial charge in [-0.1, -0.05) is 23.8 Å². The van der Waals surface area contributed by atoms with Crippen molar-refractivity contribution in [2.45, 2.75) is 27.3 Å². The van der Waals surface area contributed by atoms with Gasteiger partial charge in [0.15, 0.2) is 11.5 Å². The number of aromatic nitrogens is 4. The van der Waals surface area contributed by atoms with Crippen molar-refractivity contribution in [3.05, 3.63) is 65.1 Å². The summed E-state index contributed by atoms with van der Waals surface area (Å²) in [7, 11) is 3.29. The average Bonchev–Trinajstić information content (AvgIpc) is 3.34. The molecule has 0 spiro atoms. The third-order valence-corrected chi connectivity index (χ3v) is 6.87. The van der Waals surface area contributed by atoms with Crippen LogP contribution in [-0.4, -0.2) is 64.9 Å². The second kappa shape index (κ2) is 9.54. The van der Waals surface area contributed by atoms with Crippen molar-refractivity contribution < 1.29 is 9.47 Å². The van der Waals surface area contributed by atoms with Crippen molar-refractivity contribution in [3.63, 3.8) is 0 Å². The van der Waals surface area contributed by atoms with Crippen LogP contribution in [0.25, 0.3) is 16.9 Å². The summed E-state index contributed by atoms with van der Waals surface area (Å²) in [5, 5.41) is 4.51. The van der Waals surface area contributed by atoms with Gasteiger partial charge in [0.2, 0.25) is 0 Å². The van der Waals surface area contributed by atoms with Gasteiger partial charge in [-0.3, -0.25) is 4.90 Å². The van der Waals surface area contributed by atoms with Crippen molar-refractivity contribution in [1.29, 1.82) is 0 Å². The molecule has 0 saturated carbocycles. The van der Waals surface area contributed by atoms with Gasteiger partial charge >= 0.3 is 0 Å². The lowest BCUT2D eigenvalue weighted by Crippen LogP contribution is -2.47. The molecule has 2 aromatic carbocycles. The molecule has 1 fully saturated rings. The van der Waals surface area contributed by atoms with E-state index in [-0.39, 0.29) is 0 Å². The number of aryl methyl sites for hydroxylation is 3. The summed E-state index contributed by atoms with van der Waals surface area (Å²) < 4.78 is 12.8. The van der Waals surface area contributed by atoms with E-state index >= 15 is 0 Å². The van der Waals surface area contributed by atoms with E-state index in [1.54, 1.807) is 20.5 Å². The van der Waals surface area contributed by atoms with Crippen LogP contribution in [0.2, 0.25) is 0 Å². The van der Waals surface area contributed by atoms with Crippen molar-refractivity contribution in [2.75, 3.05) is 45.3 Å². The highest BCUT2D eigenvalue weighted by Gasteiger charge is 2.24. The summed E-state index contributed by atoms with van der Waals surface area (Å²) in [6.07, 6.45) is 3.44. The lowest BCUT2D eigenvalue weighted by Gasteiger charge is -2.37. The van der Waals surface area contributed by atoms with Crippen molar-refractivity contribution in [3.8, 4) is 22.6 Å². The molecule has 0 radical (unpaired) electrons. The van der Waals surface area contributed by atoms with Gasteiger partial charge in [0.25, 0.3) is 5.78 Å². The summed E-state index contributed by atoms with van der Waals surface area (Å²) in [6.45, 7) is 11.3. The summed E-state index contributed by atoms with van der Waals surface area (Å²) >= 11 is 0. The fourth-order valence-corrected chi connectivity index (χ4v) is 5.08. The number of anilines is 1. The molecule has 4 aromatic rings. The lowest BCUT2D eigenvalue weighted by atomic mass is 9.99. The molecule has 3 heterocycles. The van der Waals surface area contributed by atoms with Crippen LogP contribution in [0.3, 0.4) is 0 Å². The number of fused-ring (bicyclic) bond motifs is 1. The molecule has 5 rings (SSSR count). The van der Waals surface area contributed by atoms with Crippen LogP contribution in [0.5, 0.6) is 11.5 Å². The zero-order valence-electron chi connectivity index (χ0n) is 21.1. The van der Waals surface area contributed by atoms with E-state index in [0.717, 1.165) is 49.7 Å². The average molecular weight is 473 g/mol. The SMILES string of the molecule is COc1ccc(-c2cnc3ncnn3c2N2CCN(Cc3c(C)cc(C)cc3C)CC2)cc1OC. The number of ether oxygens (including phenoxy) is 2. The standard InChI is InChI=1S/C27H32N6O2/c1-18-12-19(2)23(20(3)13-18)16-31-8-10-32(11-9-31)26-22(15-28-27-29-17-30-33(26)27)21-6-7-24(34-4)25(14-21)35-5/h6-7,12-15,17H,8-11,16H2,1-5H3. The third-order valence-electron chi connectivity index (χ3n) is 6.87. The van der Waals surface area contributed by atoms with Gasteiger partial charge in [-0.2, -0.15) is 14.6 Å². The minimum absolute atomic E-state index is 0.595. The van der Waals surface area contributed by atoms with Gasteiger partial charge in [0.05, 0.1) is 14.2 Å². The molecule has 1 aliphatic heterocycles. The normalized spacial score (nSPS) is 14.5. The molecular formula is C27H32N6O2. The number of nitrogens with zero attached hydrogens (tertiary/aromatic N) is 6. The predicted octanol–water partition coefficient (Wildman–Crippen LogP) is 4.06. The van der Waals surface area contributed by atoms with Gasteiger partial charge in [-0.05, 0) is 55.2 Å². The van der Waals surface area contributed by atoms with Gasteiger partial charge in [0.1, 0.15) is 12.1 Å². The van der Waals surface area contributed by atoms with Crippen LogP contribution >= 0.6 is 0 Å². The summed E-state index contributed by atoms with van der Waals surface area (Å²) in [4.78, 5) is 13.8. The molecule has 0 amide bonds. The van der Waals surface area contributed by atoms with Crippen molar-refractivity contribution in [2.24, 2.45) is 0 Å². The highest BCUT2D eigenvalue weighted by Crippen LogP contribution is 2.36. The largest absolute Gasteiger partial charge is 0.493 e. The van der Waals surface area contributed by atoms with Crippen LogP contribution in [0.1, 0.15) is 22.3 Å². The number of hydrogen-bond donors (Lipinski definition) is 0. The van der Waals surface area contributed by atoms with Gasteiger partial charge in [-0.25, -0.2) is 4.98 Å². The Hall–Kier alpha value is -3.65. The summed E-state index contributed by atoms with van der Waals surface area (Å²) in [5.41, 5.74) is 7.50. The Labute approximate surface area is 206 Å².